The summed E-state index contributed by atoms with van der Waals surface area (Å²) in [5.74, 6) is 0.749. The van der Waals surface area contributed by atoms with E-state index in [2.05, 4.69) is 10.3 Å². The smallest absolute Gasteiger partial charge is 0.322 e. The van der Waals surface area contributed by atoms with Crippen LogP contribution in [0.1, 0.15) is 44.6 Å². The maximum Gasteiger partial charge on any atom is 0.322 e. The number of aromatic nitrogens is 1. The number of carbonyl (C=O) groups excluding carboxylic acids is 1. The molecule has 0 bridgehead atoms. The Bertz CT molecular complexity index is 1150. The molecule has 4 rings (SSSR count). The number of nitrogens with zero attached hydrogens (tertiary/aromatic N) is 1. The zero-order valence-corrected chi connectivity index (χ0v) is 19.0. The van der Waals surface area contributed by atoms with E-state index in [-0.39, 0.29) is 24.2 Å². The van der Waals surface area contributed by atoms with Gasteiger partial charge in [-0.25, -0.2) is 4.79 Å². The van der Waals surface area contributed by atoms with Gasteiger partial charge < -0.3 is 19.9 Å². The summed E-state index contributed by atoms with van der Waals surface area (Å²) in [6.45, 7) is 2.73. The zero-order chi connectivity index (χ0) is 22.5. The van der Waals surface area contributed by atoms with Crippen LogP contribution in [-0.4, -0.2) is 28.6 Å². The van der Waals surface area contributed by atoms with E-state index in [1.165, 1.54) is 6.42 Å². The summed E-state index contributed by atoms with van der Waals surface area (Å²) in [5.41, 5.74) is 1.67. The Hall–Kier alpha value is -2.99. The minimum absolute atomic E-state index is 0.0797. The molecule has 3 aromatic rings. The fourth-order valence-electron chi connectivity index (χ4n) is 4.30. The number of benzene rings is 2. The number of pyridine rings is 1. The van der Waals surface area contributed by atoms with Crippen LogP contribution in [-0.2, 0) is 6.54 Å². The SMILES string of the molecule is CCOc1ccc2[nH]c(=O)c(CN(C(=O)Nc3ccccc3Cl)C3CCCCC3)cc2c1. The summed E-state index contributed by atoms with van der Waals surface area (Å²) in [6, 6.07) is 14.5. The van der Waals surface area contributed by atoms with Gasteiger partial charge >= 0.3 is 6.03 Å². The average Bonchev–Trinajstić information content (AvgIpc) is 2.80. The van der Waals surface area contributed by atoms with Gasteiger partial charge in [-0.2, -0.15) is 0 Å². The van der Waals surface area contributed by atoms with Crippen molar-refractivity contribution in [3.63, 3.8) is 0 Å². The highest BCUT2D eigenvalue weighted by Crippen LogP contribution is 2.27. The normalized spacial score (nSPS) is 14.3. The summed E-state index contributed by atoms with van der Waals surface area (Å²) in [6.07, 6.45) is 5.18. The van der Waals surface area contributed by atoms with Crippen molar-refractivity contribution in [3.8, 4) is 5.75 Å². The molecule has 6 nitrogen and oxygen atoms in total. The number of aromatic amines is 1. The fraction of sp³-hybridized carbons (Fsp3) is 0.360. The predicted molar refractivity (Wildman–Crippen MR) is 129 cm³/mol. The molecule has 7 heteroatoms. The van der Waals surface area contributed by atoms with Crippen LogP contribution >= 0.6 is 11.6 Å². The highest BCUT2D eigenvalue weighted by atomic mass is 35.5. The van der Waals surface area contributed by atoms with E-state index in [0.29, 0.717) is 22.9 Å². The van der Waals surface area contributed by atoms with Gasteiger partial charge in [0.25, 0.3) is 5.56 Å². The molecule has 0 spiro atoms. The lowest BCUT2D eigenvalue weighted by Crippen LogP contribution is -2.44. The second-order valence-electron chi connectivity index (χ2n) is 8.14. The summed E-state index contributed by atoms with van der Waals surface area (Å²) in [4.78, 5) is 30.9. The summed E-state index contributed by atoms with van der Waals surface area (Å²) in [7, 11) is 0. The van der Waals surface area contributed by atoms with Crippen LogP contribution in [0, 0.1) is 0 Å². The standard InChI is InChI=1S/C25H28ClN3O3/c1-2-32-20-12-13-22-17(15-20)14-18(24(30)27-22)16-29(19-8-4-3-5-9-19)25(31)28-23-11-7-6-10-21(23)26/h6-7,10-15,19H,2-5,8-9,16H2,1H3,(H,27,30)(H,28,31). The number of carbonyl (C=O) groups is 1. The van der Waals surface area contributed by atoms with Crippen molar-refractivity contribution in [1.29, 1.82) is 0 Å². The molecule has 1 saturated carbocycles. The van der Waals surface area contributed by atoms with E-state index in [1.54, 1.807) is 17.0 Å². The average molecular weight is 454 g/mol. The predicted octanol–water partition coefficient (Wildman–Crippen LogP) is 5.95. The molecule has 0 unspecified atom stereocenters. The minimum Gasteiger partial charge on any atom is -0.494 e. The molecular formula is C25H28ClN3O3. The van der Waals surface area contributed by atoms with Crippen LogP contribution in [0.25, 0.3) is 10.9 Å². The lowest BCUT2D eigenvalue weighted by Gasteiger charge is -2.34. The molecule has 0 saturated heterocycles. The lowest BCUT2D eigenvalue weighted by molar-refractivity contribution is 0.162. The third-order valence-electron chi connectivity index (χ3n) is 5.94. The number of H-pyrrole nitrogens is 1. The largest absolute Gasteiger partial charge is 0.494 e. The fourth-order valence-corrected chi connectivity index (χ4v) is 4.48. The van der Waals surface area contributed by atoms with Gasteiger partial charge in [0.15, 0.2) is 0 Å². The molecule has 1 aromatic heterocycles. The topological polar surface area (TPSA) is 74.4 Å². The molecule has 168 valence electrons. The number of para-hydroxylation sites is 1. The minimum atomic E-state index is -0.243. The first-order valence-electron chi connectivity index (χ1n) is 11.2. The van der Waals surface area contributed by atoms with Gasteiger partial charge in [0.1, 0.15) is 5.75 Å². The van der Waals surface area contributed by atoms with Gasteiger partial charge in [0.2, 0.25) is 0 Å². The molecule has 1 fully saturated rings. The monoisotopic (exact) mass is 453 g/mol. The third kappa shape index (κ3) is 5.07. The Balaban J connectivity index is 1.64. The van der Waals surface area contributed by atoms with E-state index < -0.39 is 0 Å². The first kappa shape index (κ1) is 22.2. The Morgan fingerprint density at radius 1 is 1.16 bits per heavy atom. The van der Waals surface area contributed by atoms with E-state index in [0.717, 1.165) is 42.3 Å². The quantitative estimate of drug-likeness (QED) is 0.484. The maximum absolute atomic E-state index is 13.3. The van der Waals surface area contributed by atoms with Crippen molar-refractivity contribution in [2.75, 3.05) is 11.9 Å². The number of ether oxygens (including phenoxy) is 1. The highest BCUT2D eigenvalue weighted by molar-refractivity contribution is 6.33. The number of hydrogen-bond acceptors (Lipinski definition) is 3. The number of nitrogens with one attached hydrogen (secondary N) is 2. The Kier molecular flexibility index (Phi) is 7.00. The molecule has 2 amide bonds. The Morgan fingerprint density at radius 3 is 2.69 bits per heavy atom. The van der Waals surface area contributed by atoms with Crippen LogP contribution in [0.2, 0.25) is 5.02 Å². The van der Waals surface area contributed by atoms with Gasteiger partial charge in [0, 0.05) is 22.5 Å². The van der Waals surface area contributed by atoms with Gasteiger partial charge in [-0.05, 0) is 56.2 Å². The molecule has 1 heterocycles. The van der Waals surface area contributed by atoms with Crippen molar-refractivity contribution < 1.29 is 9.53 Å². The van der Waals surface area contributed by atoms with E-state index in [4.69, 9.17) is 16.3 Å². The number of halogens is 1. The number of amides is 2. The van der Waals surface area contributed by atoms with Gasteiger partial charge in [-0.3, -0.25) is 4.79 Å². The van der Waals surface area contributed by atoms with Gasteiger partial charge in [-0.15, -0.1) is 0 Å². The molecule has 0 radical (unpaired) electrons. The number of fused-ring (bicyclic) bond motifs is 1. The number of anilines is 1. The molecule has 0 atom stereocenters. The number of hydrogen-bond donors (Lipinski definition) is 2. The van der Waals surface area contributed by atoms with Crippen molar-refractivity contribution in [2.24, 2.45) is 0 Å². The molecule has 1 aliphatic carbocycles. The zero-order valence-electron chi connectivity index (χ0n) is 18.2. The maximum atomic E-state index is 13.3. The molecule has 32 heavy (non-hydrogen) atoms. The van der Waals surface area contributed by atoms with E-state index >= 15 is 0 Å². The molecule has 2 N–H and O–H groups in total. The second kappa shape index (κ2) is 10.1. The lowest BCUT2D eigenvalue weighted by atomic mass is 9.94. The molecule has 2 aromatic carbocycles. The molecular weight excluding hydrogens is 426 g/mol. The number of urea groups is 1. The van der Waals surface area contributed by atoms with Gasteiger partial charge in [0.05, 0.1) is 23.9 Å². The van der Waals surface area contributed by atoms with E-state index in [9.17, 15) is 9.59 Å². The Morgan fingerprint density at radius 2 is 1.94 bits per heavy atom. The van der Waals surface area contributed by atoms with Crippen LogP contribution in [0.4, 0.5) is 10.5 Å². The summed E-state index contributed by atoms with van der Waals surface area (Å²) in [5, 5.41) is 4.29. The van der Waals surface area contributed by atoms with Crippen molar-refractivity contribution >= 4 is 34.2 Å². The van der Waals surface area contributed by atoms with Crippen LogP contribution in [0.15, 0.2) is 53.3 Å². The molecule has 1 aliphatic rings. The number of rotatable bonds is 6. The van der Waals surface area contributed by atoms with E-state index in [1.807, 2.05) is 43.3 Å². The molecule has 0 aliphatic heterocycles. The Labute approximate surface area is 192 Å². The highest BCUT2D eigenvalue weighted by Gasteiger charge is 2.27. The van der Waals surface area contributed by atoms with Crippen molar-refractivity contribution in [3.05, 3.63) is 69.5 Å². The van der Waals surface area contributed by atoms with Gasteiger partial charge in [-0.1, -0.05) is 43.0 Å². The first-order chi connectivity index (χ1) is 15.5. The third-order valence-corrected chi connectivity index (χ3v) is 6.27. The van der Waals surface area contributed by atoms with Crippen LogP contribution < -0.4 is 15.6 Å². The second-order valence-corrected chi connectivity index (χ2v) is 8.54. The first-order valence-corrected chi connectivity index (χ1v) is 11.5. The van der Waals surface area contributed by atoms with Crippen LogP contribution in [0.5, 0.6) is 5.75 Å². The van der Waals surface area contributed by atoms with Crippen molar-refractivity contribution in [1.82, 2.24) is 9.88 Å². The summed E-state index contributed by atoms with van der Waals surface area (Å²) >= 11 is 6.25. The van der Waals surface area contributed by atoms with Crippen LogP contribution in [0.3, 0.4) is 0 Å². The van der Waals surface area contributed by atoms with Crippen molar-refractivity contribution in [2.45, 2.75) is 51.6 Å². The summed E-state index contributed by atoms with van der Waals surface area (Å²) < 4.78 is 5.60.